The van der Waals surface area contributed by atoms with Gasteiger partial charge in [0.1, 0.15) is 5.75 Å². The largest absolute Gasteiger partial charge is 0.495 e. The van der Waals surface area contributed by atoms with Gasteiger partial charge in [0.05, 0.1) is 12.8 Å². The molecule has 4 heteroatoms. The van der Waals surface area contributed by atoms with E-state index in [1.165, 1.54) is 24.8 Å². The van der Waals surface area contributed by atoms with E-state index in [0.29, 0.717) is 12.1 Å². The zero-order valence-electron chi connectivity index (χ0n) is 12.6. The van der Waals surface area contributed by atoms with E-state index < -0.39 is 0 Å². The predicted octanol–water partition coefficient (Wildman–Crippen LogP) is 4.10. The van der Waals surface area contributed by atoms with Crippen molar-refractivity contribution < 1.29 is 4.74 Å². The standard InChI is InChI=1S/C16H25BrN2O/c1-11-8-13(17)10-15(20-3)16(11)19-12(2)9-14-6-4-5-7-18-14/h8,10,12,14,18-19H,4-7,9H2,1-3H3. The minimum absolute atomic E-state index is 0.430. The van der Waals surface area contributed by atoms with Crippen LogP contribution >= 0.6 is 15.9 Å². The van der Waals surface area contributed by atoms with Crippen molar-refractivity contribution >= 4 is 21.6 Å². The van der Waals surface area contributed by atoms with Gasteiger partial charge < -0.3 is 15.4 Å². The van der Waals surface area contributed by atoms with Crippen molar-refractivity contribution in [3.63, 3.8) is 0 Å². The molecular weight excluding hydrogens is 316 g/mol. The Hall–Kier alpha value is -0.740. The maximum Gasteiger partial charge on any atom is 0.143 e. The lowest BCUT2D eigenvalue weighted by Gasteiger charge is -2.28. The smallest absolute Gasteiger partial charge is 0.143 e. The Bertz CT molecular complexity index is 444. The van der Waals surface area contributed by atoms with Crippen molar-refractivity contribution in [3.05, 3.63) is 22.2 Å². The van der Waals surface area contributed by atoms with Crippen LogP contribution in [0.15, 0.2) is 16.6 Å². The molecule has 0 spiro atoms. The summed E-state index contributed by atoms with van der Waals surface area (Å²) in [6.45, 7) is 5.52. The predicted molar refractivity (Wildman–Crippen MR) is 88.8 cm³/mol. The number of rotatable bonds is 5. The first kappa shape index (κ1) is 15.6. The van der Waals surface area contributed by atoms with Gasteiger partial charge in [-0.2, -0.15) is 0 Å². The summed E-state index contributed by atoms with van der Waals surface area (Å²) in [4.78, 5) is 0. The van der Waals surface area contributed by atoms with Crippen molar-refractivity contribution in [1.29, 1.82) is 0 Å². The van der Waals surface area contributed by atoms with Crippen LogP contribution in [0.2, 0.25) is 0 Å². The second kappa shape index (κ2) is 7.32. The summed E-state index contributed by atoms with van der Waals surface area (Å²) >= 11 is 3.52. The molecular formula is C16H25BrN2O. The zero-order chi connectivity index (χ0) is 14.5. The third-order valence-corrected chi connectivity index (χ3v) is 4.38. The van der Waals surface area contributed by atoms with Gasteiger partial charge in [0, 0.05) is 16.6 Å². The lowest BCUT2D eigenvalue weighted by atomic mass is 9.98. The molecule has 0 bridgehead atoms. The number of halogens is 1. The highest BCUT2D eigenvalue weighted by molar-refractivity contribution is 9.10. The molecule has 2 atom stereocenters. The SMILES string of the molecule is COc1cc(Br)cc(C)c1NC(C)CC1CCCCN1. The molecule has 1 aliphatic rings. The van der Waals surface area contributed by atoms with Crippen molar-refractivity contribution in [1.82, 2.24) is 5.32 Å². The Kier molecular flexibility index (Phi) is 5.73. The van der Waals surface area contributed by atoms with Gasteiger partial charge in [0.2, 0.25) is 0 Å². The Labute approximate surface area is 130 Å². The minimum atomic E-state index is 0.430. The molecule has 1 aromatic carbocycles. The summed E-state index contributed by atoms with van der Waals surface area (Å²) in [5.41, 5.74) is 2.32. The van der Waals surface area contributed by atoms with Crippen molar-refractivity contribution in [2.45, 2.75) is 51.6 Å². The highest BCUT2D eigenvalue weighted by atomic mass is 79.9. The highest BCUT2D eigenvalue weighted by Crippen LogP contribution is 2.33. The number of anilines is 1. The molecule has 1 aliphatic heterocycles. The highest BCUT2D eigenvalue weighted by Gasteiger charge is 2.17. The molecule has 20 heavy (non-hydrogen) atoms. The molecule has 2 rings (SSSR count). The Balaban J connectivity index is 2.01. The van der Waals surface area contributed by atoms with E-state index in [2.05, 4.69) is 46.5 Å². The molecule has 0 aromatic heterocycles. The second-order valence-electron chi connectivity index (χ2n) is 5.73. The number of methoxy groups -OCH3 is 1. The molecule has 3 nitrogen and oxygen atoms in total. The number of benzene rings is 1. The Morgan fingerprint density at radius 2 is 2.25 bits per heavy atom. The normalized spacial score (nSPS) is 20.5. The van der Waals surface area contributed by atoms with Crippen LogP contribution in [0, 0.1) is 6.92 Å². The van der Waals surface area contributed by atoms with E-state index >= 15 is 0 Å². The monoisotopic (exact) mass is 340 g/mol. The number of nitrogens with one attached hydrogen (secondary N) is 2. The lowest BCUT2D eigenvalue weighted by Crippen LogP contribution is -2.37. The first-order chi connectivity index (χ1) is 9.60. The van der Waals surface area contributed by atoms with Crippen molar-refractivity contribution in [2.24, 2.45) is 0 Å². The molecule has 2 N–H and O–H groups in total. The summed E-state index contributed by atoms with van der Waals surface area (Å²) in [6.07, 6.45) is 5.12. The summed E-state index contributed by atoms with van der Waals surface area (Å²) in [5.74, 6) is 0.903. The molecule has 112 valence electrons. The van der Waals surface area contributed by atoms with Crippen LogP contribution in [0.5, 0.6) is 5.75 Å². The fourth-order valence-corrected chi connectivity index (χ4v) is 3.47. The Morgan fingerprint density at radius 3 is 2.90 bits per heavy atom. The van der Waals surface area contributed by atoms with Gasteiger partial charge in [-0.3, -0.25) is 0 Å². The average molecular weight is 341 g/mol. The van der Waals surface area contributed by atoms with Gasteiger partial charge in [-0.25, -0.2) is 0 Å². The van der Waals surface area contributed by atoms with Crippen molar-refractivity contribution in [2.75, 3.05) is 19.0 Å². The molecule has 0 aliphatic carbocycles. The van der Waals surface area contributed by atoms with E-state index in [1.807, 2.05) is 6.07 Å². The molecule has 0 amide bonds. The first-order valence-electron chi connectivity index (χ1n) is 7.44. The molecule has 0 saturated carbocycles. The van der Waals surface area contributed by atoms with Crippen LogP contribution in [0.4, 0.5) is 5.69 Å². The first-order valence-corrected chi connectivity index (χ1v) is 8.23. The average Bonchev–Trinajstić information content (AvgIpc) is 2.42. The van der Waals surface area contributed by atoms with Crippen LogP contribution in [0.25, 0.3) is 0 Å². The number of hydrogen-bond donors (Lipinski definition) is 2. The summed E-state index contributed by atoms with van der Waals surface area (Å²) in [5, 5.41) is 7.23. The van der Waals surface area contributed by atoms with E-state index in [1.54, 1.807) is 7.11 Å². The lowest BCUT2D eigenvalue weighted by molar-refractivity contribution is 0.370. The third kappa shape index (κ3) is 4.13. The molecule has 0 radical (unpaired) electrons. The summed E-state index contributed by atoms with van der Waals surface area (Å²) < 4.78 is 6.54. The molecule has 2 unspecified atom stereocenters. The topological polar surface area (TPSA) is 33.3 Å². The molecule has 1 aromatic rings. The van der Waals surface area contributed by atoms with E-state index in [0.717, 1.165) is 28.9 Å². The Morgan fingerprint density at radius 1 is 1.45 bits per heavy atom. The zero-order valence-corrected chi connectivity index (χ0v) is 14.2. The molecule has 1 fully saturated rings. The number of hydrogen-bond acceptors (Lipinski definition) is 3. The quantitative estimate of drug-likeness (QED) is 0.846. The fourth-order valence-electron chi connectivity index (χ4n) is 2.92. The van der Waals surface area contributed by atoms with E-state index in [4.69, 9.17) is 4.74 Å². The van der Waals surface area contributed by atoms with E-state index in [-0.39, 0.29) is 0 Å². The van der Waals surface area contributed by atoms with Crippen LogP contribution in [0.3, 0.4) is 0 Å². The van der Waals surface area contributed by atoms with Crippen molar-refractivity contribution in [3.8, 4) is 5.75 Å². The van der Waals surface area contributed by atoms with Gasteiger partial charge in [0.15, 0.2) is 0 Å². The summed E-state index contributed by atoms with van der Waals surface area (Å²) in [6, 6.07) is 5.21. The second-order valence-corrected chi connectivity index (χ2v) is 6.64. The van der Waals surface area contributed by atoms with Gasteiger partial charge in [-0.1, -0.05) is 22.4 Å². The van der Waals surface area contributed by atoms with Crippen LogP contribution in [-0.4, -0.2) is 25.7 Å². The minimum Gasteiger partial charge on any atom is -0.495 e. The van der Waals surface area contributed by atoms with Crippen LogP contribution < -0.4 is 15.4 Å². The summed E-state index contributed by atoms with van der Waals surface area (Å²) in [7, 11) is 1.72. The van der Waals surface area contributed by atoms with Crippen LogP contribution in [-0.2, 0) is 0 Å². The van der Waals surface area contributed by atoms with Gasteiger partial charge in [-0.15, -0.1) is 0 Å². The van der Waals surface area contributed by atoms with Gasteiger partial charge in [-0.05, 0) is 57.4 Å². The number of aryl methyl sites for hydroxylation is 1. The maximum absolute atomic E-state index is 5.49. The number of piperidine rings is 1. The third-order valence-electron chi connectivity index (χ3n) is 3.93. The number of ether oxygens (including phenoxy) is 1. The van der Waals surface area contributed by atoms with E-state index in [9.17, 15) is 0 Å². The molecule has 1 saturated heterocycles. The van der Waals surface area contributed by atoms with Gasteiger partial charge >= 0.3 is 0 Å². The van der Waals surface area contributed by atoms with Gasteiger partial charge in [0.25, 0.3) is 0 Å². The van der Waals surface area contributed by atoms with Crippen LogP contribution in [0.1, 0.15) is 38.2 Å². The maximum atomic E-state index is 5.49. The molecule has 1 heterocycles. The fraction of sp³-hybridized carbons (Fsp3) is 0.625.